The fraction of sp³-hybridized carbons (Fsp3) is 0.500. The zero-order valence-corrected chi connectivity index (χ0v) is 9.70. The van der Waals surface area contributed by atoms with E-state index in [0.29, 0.717) is 5.92 Å². The van der Waals surface area contributed by atoms with Gasteiger partial charge in [0.05, 0.1) is 5.56 Å². The van der Waals surface area contributed by atoms with Crippen LogP contribution in [0.3, 0.4) is 0 Å². The summed E-state index contributed by atoms with van der Waals surface area (Å²) in [7, 11) is 0. The standard InChI is InChI=1S/C12H14ClNO2/c13-11-9(12(15)16)6-7-10(14-11)8-4-2-1-3-5-8/h6-8H,1-5H2,(H,15,16). The Morgan fingerprint density at radius 1 is 1.31 bits per heavy atom. The fourth-order valence-electron chi connectivity index (χ4n) is 2.23. The average Bonchev–Trinajstić information content (AvgIpc) is 2.29. The smallest absolute Gasteiger partial charge is 0.338 e. The van der Waals surface area contributed by atoms with Crippen LogP contribution in [0.1, 0.15) is 54.1 Å². The van der Waals surface area contributed by atoms with E-state index < -0.39 is 5.97 Å². The molecule has 2 rings (SSSR count). The van der Waals surface area contributed by atoms with Gasteiger partial charge in [-0.2, -0.15) is 0 Å². The van der Waals surface area contributed by atoms with E-state index in [-0.39, 0.29) is 10.7 Å². The minimum absolute atomic E-state index is 0.0845. The van der Waals surface area contributed by atoms with Crippen molar-refractivity contribution in [3.63, 3.8) is 0 Å². The molecule has 3 nitrogen and oxygen atoms in total. The number of nitrogens with zero attached hydrogens (tertiary/aromatic N) is 1. The monoisotopic (exact) mass is 239 g/mol. The summed E-state index contributed by atoms with van der Waals surface area (Å²) in [6.07, 6.45) is 6.01. The van der Waals surface area contributed by atoms with E-state index in [1.807, 2.05) is 0 Å². The third-order valence-corrected chi connectivity index (χ3v) is 3.41. The average molecular weight is 240 g/mol. The van der Waals surface area contributed by atoms with Crippen molar-refractivity contribution in [2.24, 2.45) is 0 Å². The first kappa shape index (κ1) is 11.4. The Bertz CT molecular complexity index is 400. The topological polar surface area (TPSA) is 50.2 Å². The van der Waals surface area contributed by atoms with Crippen LogP contribution in [0.2, 0.25) is 5.15 Å². The third-order valence-electron chi connectivity index (χ3n) is 3.12. The molecule has 4 heteroatoms. The maximum absolute atomic E-state index is 10.8. The fourth-order valence-corrected chi connectivity index (χ4v) is 2.47. The van der Waals surface area contributed by atoms with Crippen LogP contribution in [-0.4, -0.2) is 16.1 Å². The zero-order chi connectivity index (χ0) is 11.5. The van der Waals surface area contributed by atoms with E-state index in [9.17, 15) is 4.79 Å². The molecule has 1 aromatic heterocycles. The van der Waals surface area contributed by atoms with Gasteiger partial charge in [-0.25, -0.2) is 9.78 Å². The molecule has 1 N–H and O–H groups in total. The molecule has 1 aliphatic carbocycles. The van der Waals surface area contributed by atoms with Crippen molar-refractivity contribution in [1.29, 1.82) is 0 Å². The van der Waals surface area contributed by atoms with Gasteiger partial charge < -0.3 is 5.11 Å². The van der Waals surface area contributed by atoms with E-state index in [0.717, 1.165) is 18.5 Å². The van der Waals surface area contributed by atoms with Crippen LogP contribution >= 0.6 is 11.6 Å². The molecule has 0 saturated heterocycles. The number of carbonyl (C=O) groups is 1. The molecule has 0 radical (unpaired) electrons. The van der Waals surface area contributed by atoms with Crippen LogP contribution in [0.4, 0.5) is 0 Å². The van der Waals surface area contributed by atoms with Crippen LogP contribution in [0, 0.1) is 0 Å². The molecular weight excluding hydrogens is 226 g/mol. The van der Waals surface area contributed by atoms with Crippen LogP contribution in [-0.2, 0) is 0 Å². The van der Waals surface area contributed by atoms with Gasteiger partial charge >= 0.3 is 5.97 Å². The maximum Gasteiger partial charge on any atom is 0.338 e. The largest absolute Gasteiger partial charge is 0.478 e. The number of carboxylic acid groups (broad SMARTS) is 1. The lowest BCUT2D eigenvalue weighted by Crippen LogP contribution is -2.08. The Labute approximate surface area is 99.5 Å². The highest BCUT2D eigenvalue weighted by Gasteiger charge is 2.19. The second-order valence-electron chi connectivity index (χ2n) is 4.21. The highest BCUT2D eigenvalue weighted by Crippen LogP contribution is 2.32. The third kappa shape index (κ3) is 2.35. The van der Waals surface area contributed by atoms with Gasteiger partial charge in [-0.05, 0) is 25.0 Å². The van der Waals surface area contributed by atoms with E-state index in [2.05, 4.69) is 4.98 Å². The molecule has 86 valence electrons. The summed E-state index contributed by atoms with van der Waals surface area (Å²) in [5.74, 6) is -0.568. The summed E-state index contributed by atoms with van der Waals surface area (Å²) in [6.45, 7) is 0. The van der Waals surface area contributed by atoms with Crippen molar-refractivity contribution in [2.75, 3.05) is 0 Å². The Hall–Kier alpha value is -1.09. The predicted octanol–water partition coefficient (Wildman–Crippen LogP) is 3.48. The first-order chi connectivity index (χ1) is 7.68. The molecule has 0 bridgehead atoms. The molecule has 0 spiro atoms. The first-order valence-corrected chi connectivity index (χ1v) is 5.96. The Morgan fingerprint density at radius 3 is 2.56 bits per heavy atom. The summed E-state index contributed by atoms with van der Waals surface area (Å²) < 4.78 is 0. The van der Waals surface area contributed by atoms with Crippen molar-refractivity contribution in [1.82, 2.24) is 4.98 Å². The minimum atomic E-state index is -1.02. The van der Waals surface area contributed by atoms with Crippen LogP contribution in [0.25, 0.3) is 0 Å². The highest BCUT2D eigenvalue weighted by molar-refractivity contribution is 6.32. The summed E-state index contributed by atoms with van der Waals surface area (Å²) in [5.41, 5.74) is 1.02. The summed E-state index contributed by atoms with van der Waals surface area (Å²) in [5, 5.41) is 8.95. The van der Waals surface area contributed by atoms with Crippen LogP contribution < -0.4 is 0 Å². The molecule has 0 aliphatic heterocycles. The summed E-state index contributed by atoms with van der Waals surface area (Å²) in [4.78, 5) is 15.0. The van der Waals surface area contributed by atoms with Gasteiger partial charge in [0.25, 0.3) is 0 Å². The lowest BCUT2D eigenvalue weighted by molar-refractivity contribution is 0.0696. The van der Waals surface area contributed by atoms with Gasteiger partial charge in [-0.15, -0.1) is 0 Å². The normalized spacial score (nSPS) is 17.3. The van der Waals surface area contributed by atoms with Gasteiger partial charge in [-0.1, -0.05) is 30.9 Å². The molecule has 0 aromatic carbocycles. The zero-order valence-electron chi connectivity index (χ0n) is 8.95. The summed E-state index contributed by atoms with van der Waals surface area (Å²) in [6, 6.07) is 3.35. The lowest BCUT2D eigenvalue weighted by Gasteiger charge is -2.21. The van der Waals surface area contributed by atoms with Crippen LogP contribution in [0.15, 0.2) is 12.1 Å². The van der Waals surface area contributed by atoms with Gasteiger partial charge in [0.1, 0.15) is 5.15 Å². The number of hydrogen-bond acceptors (Lipinski definition) is 2. The molecule has 0 amide bonds. The van der Waals surface area contributed by atoms with Crippen molar-refractivity contribution in [2.45, 2.75) is 38.0 Å². The Morgan fingerprint density at radius 2 is 2.00 bits per heavy atom. The Kier molecular flexibility index (Phi) is 3.44. The molecule has 1 heterocycles. The molecule has 0 unspecified atom stereocenters. The number of halogens is 1. The number of pyridine rings is 1. The summed E-state index contributed by atoms with van der Waals surface area (Å²) >= 11 is 5.85. The van der Waals surface area contributed by atoms with E-state index in [4.69, 9.17) is 16.7 Å². The number of carboxylic acids is 1. The van der Waals surface area contributed by atoms with Gasteiger partial charge in [0.2, 0.25) is 0 Å². The number of aromatic nitrogens is 1. The van der Waals surface area contributed by atoms with Crippen LogP contribution in [0.5, 0.6) is 0 Å². The van der Waals surface area contributed by atoms with Gasteiger partial charge in [-0.3, -0.25) is 0 Å². The minimum Gasteiger partial charge on any atom is -0.478 e. The second-order valence-corrected chi connectivity index (χ2v) is 4.57. The first-order valence-electron chi connectivity index (χ1n) is 5.58. The van der Waals surface area contributed by atoms with Crippen molar-refractivity contribution in [3.05, 3.63) is 28.5 Å². The van der Waals surface area contributed by atoms with Crippen molar-refractivity contribution in [3.8, 4) is 0 Å². The molecule has 1 aromatic rings. The SMILES string of the molecule is O=C(O)c1ccc(C2CCCCC2)nc1Cl. The van der Waals surface area contributed by atoms with Gasteiger partial charge in [0, 0.05) is 11.6 Å². The molecule has 0 atom stereocenters. The molecular formula is C12H14ClNO2. The highest BCUT2D eigenvalue weighted by atomic mass is 35.5. The van der Waals surface area contributed by atoms with Crippen molar-refractivity contribution >= 4 is 17.6 Å². The van der Waals surface area contributed by atoms with E-state index >= 15 is 0 Å². The van der Waals surface area contributed by atoms with Gasteiger partial charge in [0.15, 0.2) is 0 Å². The Balaban J connectivity index is 2.23. The van der Waals surface area contributed by atoms with Crippen molar-refractivity contribution < 1.29 is 9.90 Å². The molecule has 1 aliphatic rings. The molecule has 16 heavy (non-hydrogen) atoms. The number of rotatable bonds is 2. The second kappa shape index (κ2) is 4.83. The maximum atomic E-state index is 10.8. The molecule has 1 saturated carbocycles. The van der Waals surface area contributed by atoms with E-state index in [1.54, 1.807) is 12.1 Å². The quantitative estimate of drug-likeness (QED) is 0.804. The number of aromatic carboxylic acids is 1. The number of hydrogen-bond donors (Lipinski definition) is 1. The lowest BCUT2D eigenvalue weighted by atomic mass is 9.86. The molecule has 1 fully saturated rings. The predicted molar refractivity (Wildman–Crippen MR) is 62.0 cm³/mol. The van der Waals surface area contributed by atoms with E-state index in [1.165, 1.54) is 19.3 Å².